The summed E-state index contributed by atoms with van der Waals surface area (Å²) in [6.07, 6.45) is 3.98. The van der Waals surface area contributed by atoms with Gasteiger partial charge in [-0.2, -0.15) is 0 Å². The average molecular weight is 206 g/mol. The Labute approximate surface area is 88.4 Å². The molecule has 0 bridgehead atoms. The minimum atomic E-state index is 0.303. The zero-order valence-electron chi connectivity index (χ0n) is 8.66. The number of hydrogen-bond acceptors (Lipinski definition) is 3. The molecule has 74 valence electrons. The predicted molar refractivity (Wildman–Crippen MR) is 61.9 cm³/mol. The lowest BCUT2D eigenvalue weighted by atomic mass is 10.1. The molecule has 0 amide bonds. The molecule has 0 aromatic carbocycles. The molecule has 14 heavy (non-hydrogen) atoms. The molecule has 0 saturated heterocycles. The van der Waals surface area contributed by atoms with Crippen molar-refractivity contribution in [1.29, 1.82) is 0 Å². The first kappa shape index (κ1) is 9.46. The van der Waals surface area contributed by atoms with E-state index >= 15 is 0 Å². The number of nitrogens with one attached hydrogen (secondary N) is 1. The molecule has 0 fully saturated rings. The second-order valence-electron chi connectivity index (χ2n) is 3.55. The highest BCUT2D eigenvalue weighted by Gasteiger charge is 2.14. The third kappa shape index (κ3) is 1.73. The highest BCUT2D eigenvalue weighted by atomic mass is 32.1. The molecule has 1 aliphatic heterocycles. The summed E-state index contributed by atoms with van der Waals surface area (Å²) in [6, 6.07) is 2.55. The molecule has 1 aromatic rings. The molecule has 2 rings (SSSR count). The summed E-state index contributed by atoms with van der Waals surface area (Å²) in [6.45, 7) is 6.31. The SMILES string of the molecule is CC1=NC=CC(c2cc(C)sc2C)N1. The molecule has 2 nitrogen and oxygen atoms in total. The largest absolute Gasteiger partial charge is 0.363 e. The van der Waals surface area contributed by atoms with Crippen LogP contribution in [0.3, 0.4) is 0 Å². The fraction of sp³-hybridized carbons (Fsp3) is 0.364. The van der Waals surface area contributed by atoms with Gasteiger partial charge in [-0.3, -0.25) is 0 Å². The highest BCUT2D eigenvalue weighted by molar-refractivity contribution is 7.12. The van der Waals surface area contributed by atoms with Gasteiger partial charge in [-0.25, -0.2) is 4.99 Å². The number of aryl methyl sites for hydroxylation is 2. The van der Waals surface area contributed by atoms with Crippen LogP contribution in [0.1, 0.15) is 28.3 Å². The van der Waals surface area contributed by atoms with Crippen molar-refractivity contribution >= 4 is 17.2 Å². The fourth-order valence-electron chi connectivity index (χ4n) is 1.69. The first-order valence-corrected chi connectivity index (χ1v) is 5.53. The van der Waals surface area contributed by atoms with Crippen molar-refractivity contribution in [3.63, 3.8) is 0 Å². The lowest BCUT2D eigenvalue weighted by Crippen LogP contribution is -2.26. The van der Waals surface area contributed by atoms with Crippen molar-refractivity contribution in [2.45, 2.75) is 26.8 Å². The molecule has 0 spiro atoms. The maximum atomic E-state index is 4.17. The summed E-state index contributed by atoms with van der Waals surface area (Å²) >= 11 is 1.85. The smallest absolute Gasteiger partial charge is 0.0990 e. The Balaban J connectivity index is 2.29. The first-order chi connectivity index (χ1) is 6.66. The molecule has 3 heteroatoms. The van der Waals surface area contributed by atoms with Gasteiger partial charge in [0, 0.05) is 16.0 Å². The van der Waals surface area contributed by atoms with Crippen LogP contribution in [0.15, 0.2) is 23.3 Å². The second kappa shape index (κ2) is 3.58. The predicted octanol–water partition coefficient (Wildman–Crippen LogP) is 2.94. The van der Waals surface area contributed by atoms with Crippen molar-refractivity contribution in [2.75, 3.05) is 0 Å². The Kier molecular flexibility index (Phi) is 2.42. The van der Waals surface area contributed by atoms with Crippen molar-refractivity contribution in [2.24, 2.45) is 4.99 Å². The van der Waals surface area contributed by atoms with E-state index in [1.54, 1.807) is 0 Å². The molecule has 1 aliphatic rings. The number of thiophene rings is 1. The van der Waals surface area contributed by atoms with Gasteiger partial charge >= 0.3 is 0 Å². The van der Waals surface area contributed by atoms with E-state index in [1.165, 1.54) is 15.3 Å². The Morgan fingerprint density at radius 3 is 2.71 bits per heavy atom. The van der Waals surface area contributed by atoms with E-state index < -0.39 is 0 Å². The molecular weight excluding hydrogens is 192 g/mol. The van der Waals surface area contributed by atoms with E-state index in [1.807, 2.05) is 24.5 Å². The van der Waals surface area contributed by atoms with Gasteiger partial charge in [0.25, 0.3) is 0 Å². The van der Waals surface area contributed by atoms with Crippen molar-refractivity contribution in [3.05, 3.63) is 33.7 Å². The summed E-state index contributed by atoms with van der Waals surface area (Å²) in [4.78, 5) is 6.93. The minimum Gasteiger partial charge on any atom is -0.363 e. The van der Waals surface area contributed by atoms with Crippen molar-refractivity contribution in [3.8, 4) is 0 Å². The van der Waals surface area contributed by atoms with E-state index in [0.717, 1.165) is 5.84 Å². The quantitative estimate of drug-likeness (QED) is 0.750. The maximum absolute atomic E-state index is 4.17. The molecule has 0 radical (unpaired) electrons. The van der Waals surface area contributed by atoms with Crippen LogP contribution < -0.4 is 5.32 Å². The van der Waals surface area contributed by atoms with Crippen LogP contribution in [0.4, 0.5) is 0 Å². The molecule has 1 aromatic heterocycles. The summed E-state index contributed by atoms with van der Waals surface area (Å²) in [5, 5.41) is 3.36. The third-order valence-corrected chi connectivity index (χ3v) is 3.31. The number of hydrogen-bond donors (Lipinski definition) is 1. The van der Waals surface area contributed by atoms with Gasteiger partial charge in [-0.15, -0.1) is 11.3 Å². The van der Waals surface area contributed by atoms with Crippen LogP contribution in [-0.4, -0.2) is 5.84 Å². The average Bonchev–Trinajstić information content (AvgIpc) is 2.45. The highest BCUT2D eigenvalue weighted by Crippen LogP contribution is 2.27. The molecule has 2 heterocycles. The normalized spacial score (nSPS) is 20.5. The monoisotopic (exact) mass is 206 g/mol. The van der Waals surface area contributed by atoms with Gasteiger partial charge in [-0.05, 0) is 38.5 Å². The van der Waals surface area contributed by atoms with E-state index in [-0.39, 0.29) is 0 Å². The van der Waals surface area contributed by atoms with Crippen LogP contribution in [-0.2, 0) is 0 Å². The van der Waals surface area contributed by atoms with Crippen LogP contribution in [0.2, 0.25) is 0 Å². The van der Waals surface area contributed by atoms with Gasteiger partial charge in [0.1, 0.15) is 0 Å². The summed E-state index contributed by atoms with van der Waals surface area (Å²) in [5.74, 6) is 0.987. The second-order valence-corrected chi connectivity index (χ2v) is 5.01. The standard InChI is InChI=1S/C11H14N2S/c1-7-6-10(8(2)14-7)11-4-5-12-9(3)13-11/h4-6,11H,1-3H3,(H,12,13). The van der Waals surface area contributed by atoms with E-state index in [2.05, 4.69) is 36.3 Å². The molecule has 0 saturated carbocycles. The topological polar surface area (TPSA) is 24.4 Å². The molecular formula is C11H14N2S. The Bertz CT molecular complexity index is 401. The minimum absolute atomic E-state index is 0.303. The van der Waals surface area contributed by atoms with Crippen molar-refractivity contribution < 1.29 is 0 Å². The zero-order valence-corrected chi connectivity index (χ0v) is 9.48. The summed E-state index contributed by atoms with van der Waals surface area (Å²) < 4.78 is 0. The number of aliphatic imine (C=N–C) groups is 1. The van der Waals surface area contributed by atoms with Gasteiger partial charge < -0.3 is 5.32 Å². The summed E-state index contributed by atoms with van der Waals surface area (Å²) in [5.41, 5.74) is 1.37. The van der Waals surface area contributed by atoms with E-state index in [4.69, 9.17) is 0 Å². The third-order valence-electron chi connectivity index (χ3n) is 2.33. The van der Waals surface area contributed by atoms with Crippen LogP contribution in [0.5, 0.6) is 0 Å². The molecule has 1 N–H and O–H groups in total. The Morgan fingerprint density at radius 1 is 1.36 bits per heavy atom. The Morgan fingerprint density at radius 2 is 2.14 bits per heavy atom. The van der Waals surface area contributed by atoms with Gasteiger partial charge in [0.2, 0.25) is 0 Å². The van der Waals surface area contributed by atoms with Gasteiger partial charge in [0.15, 0.2) is 0 Å². The maximum Gasteiger partial charge on any atom is 0.0990 e. The van der Waals surface area contributed by atoms with Gasteiger partial charge in [-0.1, -0.05) is 0 Å². The fourth-order valence-corrected chi connectivity index (χ4v) is 2.66. The van der Waals surface area contributed by atoms with Crippen LogP contribution in [0.25, 0.3) is 0 Å². The van der Waals surface area contributed by atoms with E-state index in [0.29, 0.717) is 6.04 Å². The van der Waals surface area contributed by atoms with Gasteiger partial charge in [0.05, 0.1) is 11.9 Å². The van der Waals surface area contributed by atoms with Crippen LogP contribution in [0, 0.1) is 13.8 Å². The molecule has 1 unspecified atom stereocenters. The van der Waals surface area contributed by atoms with E-state index in [9.17, 15) is 0 Å². The molecule has 0 aliphatic carbocycles. The number of nitrogens with zero attached hydrogens (tertiary/aromatic N) is 1. The lowest BCUT2D eigenvalue weighted by Gasteiger charge is -2.18. The first-order valence-electron chi connectivity index (χ1n) is 4.71. The lowest BCUT2D eigenvalue weighted by molar-refractivity contribution is 0.771. The molecule has 1 atom stereocenters. The number of rotatable bonds is 1. The Hall–Kier alpha value is -1.09. The zero-order chi connectivity index (χ0) is 10.1. The summed E-state index contributed by atoms with van der Waals surface area (Å²) in [7, 11) is 0. The van der Waals surface area contributed by atoms with Crippen LogP contribution >= 0.6 is 11.3 Å². The van der Waals surface area contributed by atoms with Crippen molar-refractivity contribution in [1.82, 2.24) is 5.32 Å². The number of amidine groups is 1.